The number of amides is 1. The van der Waals surface area contributed by atoms with Crippen LogP contribution in [-0.4, -0.2) is 38.0 Å². The lowest BCUT2D eigenvalue weighted by Crippen LogP contribution is -2.21. The predicted molar refractivity (Wildman–Crippen MR) is 120 cm³/mol. The van der Waals surface area contributed by atoms with Crippen LogP contribution in [0.5, 0.6) is 0 Å². The minimum atomic E-state index is -0.554. The van der Waals surface area contributed by atoms with E-state index in [1.54, 1.807) is 23.9 Å². The second kappa shape index (κ2) is 8.52. The standard InChI is InChI=1S/C21H20ClN5O3S/c1-12-8-18(26(3)24-12)23-19(28)11-30-21(29)17-9-15-13(2)25-27(20(15)31-17)10-14-6-4-5-7-16(14)22/h4-9H,10-11H2,1-3H3,(H,23,28). The van der Waals surface area contributed by atoms with Crippen molar-refractivity contribution in [3.8, 4) is 0 Å². The number of carbonyl (C=O) groups excluding carboxylic acids is 2. The fraction of sp³-hybridized carbons (Fsp3) is 0.238. The molecule has 0 atom stereocenters. The Kier molecular flexibility index (Phi) is 5.79. The highest BCUT2D eigenvalue weighted by atomic mass is 35.5. The number of hydrogen-bond donors (Lipinski definition) is 1. The van der Waals surface area contributed by atoms with Gasteiger partial charge in [0.05, 0.1) is 17.9 Å². The molecule has 1 aromatic carbocycles. The van der Waals surface area contributed by atoms with Crippen molar-refractivity contribution in [2.45, 2.75) is 20.4 Å². The molecule has 4 rings (SSSR count). The number of halogens is 1. The molecule has 0 aliphatic heterocycles. The first-order valence-electron chi connectivity index (χ1n) is 9.50. The van der Waals surface area contributed by atoms with E-state index in [1.807, 2.05) is 42.8 Å². The molecule has 0 aliphatic rings. The van der Waals surface area contributed by atoms with Crippen LogP contribution in [0.3, 0.4) is 0 Å². The van der Waals surface area contributed by atoms with Crippen LogP contribution in [0.2, 0.25) is 5.02 Å². The Labute approximate surface area is 187 Å². The highest BCUT2D eigenvalue weighted by Crippen LogP contribution is 2.30. The third-order valence-electron chi connectivity index (χ3n) is 4.69. The van der Waals surface area contributed by atoms with Crippen LogP contribution in [-0.2, 0) is 23.1 Å². The van der Waals surface area contributed by atoms with Crippen molar-refractivity contribution in [3.05, 3.63) is 63.2 Å². The summed E-state index contributed by atoms with van der Waals surface area (Å²) in [5.41, 5.74) is 2.52. The van der Waals surface area contributed by atoms with E-state index in [2.05, 4.69) is 15.5 Å². The number of benzene rings is 1. The number of anilines is 1. The van der Waals surface area contributed by atoms with Gasteiger partial charge in [0.2, 0.25) is 0 Å². The summed E-state index contributed by atoms with van der Waals surface area (Å²) in [6, 6.07) is 11.1. The Hall–Kier alpha value is -3.17. The Morgan fingerprint density at radius 3 is 2.68 bits per heavy atom. The van der Waals surface area contributed by atoms with Crippen LogP contribution < -0.4 is 5.32 Å². The van der Waals surface area contributed by atoms with E-state index in [1.165, 1.54) is 11.3 Å². The lowest BCUT2D eigenvalue weighted by molar-refractivity contribution is -0.119. The summed E-state index contributed by atoms with van der Waals surface area (Å²) in [7, 11) is 1.72. The average molecular weight is 458 g/mol. The summed E-state index contributed by atoms with van der Waals surface area (Å²) in [5.74, 6) is -0.449. The molecule has 160 valence electrons. The molecule has 3 aromatic heterocycles. The van der Waals surface area contributed by atoms with Crippen molar-refractivity contribution in [3.63, 3.8) is 0 Å². The van der Waals surface area contributed by atoms with Gasteiger partial charge in [-0.15, -0.1) is 11.3 Å². The number of aryl methyl sites for hydroxylation is 3. The zero-order valence-corrected chi connectivity index (χ0v) is 18.8. The van der Waals surface area contributed by atoms with Gasteiger partial charge < -0.3 is 10.1 Å². The summed E-state index contributed by atoms with van der Waals surface area (Å²) in [5, 5.41) is 12.9. The molecule has 0 fully saturated rings. The van der Waals surface area contributed by atoms with Gasteiger partial charge in [-0.2, -0.15) is 10.2 Å². The molecule has 1 amide bonds. The fourth-order valence-corrected chi connectivity index (χ4v) is 4.47. The molecular formula is C21H20ClN5O3S. The SMILES string of the molecule is Cc1cc(NC(=O)COC(=O)c2cc3c(C)nn(Cc4ccccc4Cl)c3s2)n(C)n1. The highest BCUT2D eigenvalue weighted by Gasteiger charge is 2.19. The van der Waals surface area contributed by atoms with Gasteiger partial charge in [0.25, 0.3) is 5.91 Å². The second-order valence-corrected chi connectivity index (χ2v) is 8.52. The molecule has 10 heteroatoms. The smallest absolute Gasteiger partial charge is 0.348 e. The van der Waals surface area contributed by atoms with Crippen LogP contribution in [0, 0.1) is 13.8 Å². The van der Waals surface area contributed by atoms with E-state index in [9.17, 15) is 9.59 Å². The molecular weight excluding hydrogens is 438 g/mol. The summed E-state index contributed by atoms with van der Waals surface area (Å²) >= 11 is 7.55. The third kappa shape index (κ3) is 4.47. The predicted octanol–water partition coefficient (Wildman–Crippen LogP) is 3.95. The average Bonchev–Trinajstić information content (AvgIpc) is 3.38. The second-order valence-electron chi connectivity index (χ2n) is 7.08. The number of nitrogens with zero attached hydrogens (tertiary/aromatic N) is 4. The van der Waals surface area contributed by atoms with Crippen LogP contribution in [0.15, 0.2) is 36.4 Å². The highest BCUT2D eigenvalue weighted by molar-refractivity contribution is 7.20. The number of esters is 1. The van der Waals surface area contributed by atoms with Gasteiger partial charge in [-0.1, -0.05) is 29.8 Å². The Balaban J connectivity index is 1.45. The van der Waals surface area contributed by atoms with Gasteiger partial charge in [-0.05, 0) is 31.5 Å². The molecule has 31 heavy (non-hydrogen) atoms. The zero-order chi connectivity index (χ0) is 22.1. The van der Waals surface area contributed by atoms with Gasteiger partial charge >= 0.3 is 5.97 Å². The zero-order valence-electron chi connectivity index (χ0n) is 17.2. The summed E-state index contributed by atoms with van der Waals surface area (Å²) in [4.78, 5) is 25.9. The first kappa shape index (κ1) is 21.1. The maximum atomic E-state index is 12.5. The van der Waals surface area contributed by atoms with E-state index in [4.69, 9.17) is 16.3 Å². The fourth-order valence-electron chi connectivity index (χ4n) is 3.22. The Bertz CT molecular complexity index is 1290. The lowest BCUT2D eigenvalue weighted by Gasteiger charge is -2.06. The molecule has 0 saturated carbocycles. The van der Waals surface area contributed by atoms with Crippen LogP contribution >= 0.6 is 22.9 Å². The lowest BCUT2D eigenvalue weighted by atomic mass is 10.2. The van der Waals surface area contributed by atoms with Gasteiger partial charge in [0.1, 0.15) is 15.5 Å². The van der Waals surface area contributed by atoms with Crippen LogP contribution in [0.25, 0.3) is 10.2 Å². The number of fused-ring (bicyclic) bond motifs is 1. The van der Waals surface area contributed by atoms with E-state index in [0.717, 1.165) is 27.2 Å². The van der Waals surface area contributed by atoms with Crippen molar-refractivity contribution in [2.24, 2.45) is 7.05 Å². The van der Waals surface area contributed by atoms with Gasteiger partial charge in [0, 0.05) is 23.5 Å². The van der Waals surface area contributed by atoms with Crippen molar-refractivity contribution in [1.82, 2.24) is 19.6 Å². The van der Waals surface area contributed by atoms with Crippen molar-refractivity contribution in [1.29, 1.82) is 0 Å². The molecule has 0 radical (unpaired) electrons. The van der Waals surface area contributed by atoms with E-state index in [0.29, 0.717) is 22.3 Å². The minimum Gasteiger partial charge on any atom is -0.451 e. The van der Waals surface area contributed by atoms with Crippen molar-refractivity contribution < 1.29 is 14.3 Å². The van der Waals surface area contributed by atoms with E-state index < -0.39 is 11.9 Å². The molecule has 0 saturated heterocycles. The first-order chi connectivity index (χ1) is 14.8. The Morgan fingerprint density at radius 2 is 1.97 bits per heavy atom. The minimum absolute atomic E-state index is 0.387. The number of rotatable bonds is 6. The van der Waals surface area contributed by atoms with E-state index in [-0.39, 0.29) is 6.61 Å². The number of thiophene rings is 1. The van der Waals surface area contributed by atoms with Gasteiger partial charge in [-0.3, -0.25) is 14.2 Å². The first-order valence-corrected chi connectivity index (χ1v) is 10.7. The van der Waals surface area contributed by atoms with E-state index >= 15 is 0 Å². The number of ether oxygens (including phenoxy) is 1. The number of hydrogen-bond acceptors (Lipinski definition) is 6. The topological polar surface area (TPSA) is 91.0 Å². The molecule has 0 aliphatic carbocycles. The largest absolute Gasteiger partial charge is 0.451 e. The van der Waals surface area contributed by atoms with Crippen LogP contribution in [0.1, 0.15) is 26.6 Å². The molecule has 1 N–H and O–H groups in total. The molecule has 0 unspecified atom stereocenters. The van der Waals surface area contributed by atoms with Gasteiger partial charge in [0.15, 0.2) is 6.61 Å². The number of aromatic nitrogens is 4. The van der Waals surface area contributed by atoms with Gasteiger partial charge in [-0.25, -0.2) is 4.79 Å². The summed E-state index contributed by atoms with van der Waals surface area (Å²) in [6.45, 7) is 3.82. The summed E-state index contributed by atoms with van der Waals surface area (Å²) in [6.07, 6.45) is 0. The monoisotopic (exact) mass is 457 g/mol. The number of carbonyl (C=O) groups is 2. The third-order valence-corrected chi connectivity index (χ3v) is 6.19. The quantitative estimate of drug-likeness (QED) is 0.443. The molecule has 0 bridgehead atoms. The maximum absolute atomic E-state index is 12.5. The van der Waals surface area contributed by atoms with Crippen molar-refractivity contribution >= 4 is 50.8 Å². The van der Waals surface area contributed by atoms with Crippen LogP contribution in [0.4, 0.5) is 5.82 Å². The maximum Gasteiger partial charge on any atom is 0.348 e. The number of nitrogens with one attached hydrogen (secondary N) is 1. The molecule has 4 aromatic rings. The Morgan fingerprint density at radius 1 is 1.19 bits per heavy atom. The van der Waals surface area contributed by atoms with Crippen molar-refractivity contribution in [2.75, 3.05) is 11.9 Å². The molecule has 8 nitrogen and oxygen atoms in total. The molecule has 3 heterocycles. The molecule has 0 spiro atoms. The normalized spacial score (nSPS) is 11.1. The summed E-state index contributed by atoms with van der Waals surface area (Å²) < 4.78 is 8.58.